The number of hydrogen-bond acceptors (Lipinski definition) is 4. The quantitative estimate of drug-likeness (QED) is 0.220. The third kappa shape index (κ3) is 7.43. The highest BCUT2D eigenvalue weighted by Gasteiger charge is 2.14. The molecule has 0 saturated carbocycles. The maximum atomic E-state index is 12.5. The molecule has 0 atom stereocenters. The van der Waals surface area contributed by atoms with Crippen molar-refractivity contribution in [3.8, 4) is 11.8 Å². The number of carbonyl (C=O) groups excluding carboxylic acids is 2. The van der Waals surface area contributed by atoms with E-state index in [-0.39, 0.29) is 18.1 Å². The van der Waals surface area contributed by atoms with E-state index in [0.717, 1.165) is 16.8 Å². The topological polar surface area (TPSA) is 91.2 Å². The SMILES string of the molecule is Cc1ccc(NC(=O)COc2c(Br)cc(/C=C(/C#N)C(=O)Nc3cccc(Cl)c3)cc2Br)c(C)c1. The number of ether oxygens (including phenoxy) is 1. The average molecular weight is 618 g/mol. The number of amides is 2. The summed E-state index contributed by atoms with van der Waals surface area (Å²) in [5, 5.41) is 15.4. The highest BCUT2D eigenvalue weighted by Crippen LogP contribution is 2.35. The smallest absolute Gasteiger partial charge is 0.266 e. The molecule has 3 rings (SSSR count). The van der Waals surface area contributed by atoms with E-state index in [9.17, 15) is 14.9 Å². The molecule has 0 aliphatic heterocycles. The maximum Gasteiger partial charge on any atom is 0.266 e. The van der Waals surface area contributed by atoms with Crippen molar-refractivity contribution < 1.29 is 14.3 Å². The van der Waals surface area contributed by atoms with E-state index in [1.54, 1.807) is 36.4 Å². The van der Waals surface area contributed by atoms with Crippen molar-refractivity contribution in [3.05, 3.63) is 90.8 Å². The van der Waals surface area contributed by atoms with Crippen molar-refractivity contribution in [1.29, 1.82) is 5.26 Å². The Labute approximate surface area is 225 Å². The average Bonchev–Trinajstić information content (AvgIpc) is 2.78. The number of nitrogens with zero attached hydrogens (tertiary/aromatic N) is 1. The summed E-state index contributed by atoms with van der Waals surface area (Å²) in [5.41, 5.74) is 3.76. The van der Waals surface area contributed by atoms with Crippen LogP contribution in [0.5, 0.6) is 5.75 Å². The van der Waals surface area contributed by atoms with E-state index in [4.69, 9.17) is 16.3 Å². The molecule has 0 spiro atoms. The lowest BCUT2D eigenvalue weighted by Crippen LogP contribution is -2.21. The number of nitriles is 1. The Morgan fingerprint density at radius 2 is 1.77 bits per heavy atom. The van der Waals surface area contributed by atoms with Crippen LogP contribution in [0.15, 0.2) is 69.1 Å². The largest absolute Gasteiger partial charge is 0.481 e. The van der Waals surface area contributed by atoms with Crippen LogP contribution in [0.25, 0.3) is 6.08 Å². The van der Waals surface area contributed by atoms with Crippen LogP contribution < -0.4 is 15.4 Å². The van der Waals surface area contributed by atoms with Gasteiger partial charge in [0.05, 0.1) is 8.95 Å². The molecular weight excluding hydrogens is 598 g/mol. The molecule has 0 aliphatic rings. The van der Waals surface area contributed by atoms with Gasteiger partial charge in [0, 0.05) is 16.4 Å². The fourth-order valence-electron chi connectivity index (χ4n) is 3.16. The van der Waals surface area contributed by atoms with Gasteiger partial charge in [0.15, 0.2) is 6.61 Å². The Hall–Kier alpha value is -3.12. The molecule has 0 aliphatic carbocycles. The van der Waals surface area contributed by atoms with Crippen LogP contribution in [0, 0.1) is 25.2 Å². The summed E-state index contributed by atoms with van der Waals surface area (Å²) < 4.78 is 6.80. The first-order chi connectivity index (χ1) is 16.7. The zero-order valence-corrected chi connectivity index (χ0v) is 22.7. The summed E-state index contributed by atoms with van der Waals surface area (Å²) in [6.45, 7) is 3.71. The number of rotatable bonds is 7. The molecule has 0 radical (unpaired) electrons. The number of aryl methyl sites for hydroxylation is 2. The molecule has 6 nitrogen and oxygen atoms in total. The van der Waals surface area contributed by atoms with Crippen LogP contribution in [0.2, 0.25) is 5.02 Å². The van der Waals surface area contributed by atoms with Crippen LogP contribution in [-0.2, 0) is 9.59 Å². The van der Waals surface area contributed by atoms with Gasteiger partial charge < -0.3 is 15.4 Å². The number of halogens is 3. The second-order valence-corrected chi connectivity index (χ2v) is 9.75. The number of nitrogens with one attached hydrogen (secondary N) is 2. The van der Waals surface area contributed by atoms with E-state index in [2.05, 4.69) is 42.5 Å². The van der Waals surface area contributed by atoms with Gasteiger partial charge in [0.2, 0.25) is 0 Å². The lowest BCUT2D eigenvalue weighted by Gasteiger charge is -2.13. The zero-order valence-electron chi connectivity index (χ0n) is 18.8. The second kappa shape index (κ2) is 12.0. The normalized spacial score (nSPS) is 10.9. The van der Waals surface area contributed by atoms with E-state index < -0.39 is 5.91 Å². The van der Waals surface area contributed by atoms with E-state index >= 15 is 0 Å². The Balaban J connectivity index is 1.70. The third-order valence-electron chi connectivity index (χ3n) is 4.78. The molecule has 0 aromatic heterocycles. The monoisotopic (exact) mass is 615 g/mol. The predicted molar refractivity (Wildman–Crippen MR) is 146 cm³/mol. The highest BCUT2D eigenvalue weighted by atomic mass is 79.9. The van der Waals surface area contributed by atoms with E-state index in [1.165, 1.54) is 6.08 Å². The van der Waals surface area contributed by atoms with Crippen LogP contribution in [0.4, 0.5) is 11.4 Å². The van der Waals surface area contributed by atoms with Crippen molar-refractivity contribution in [2.24, 2.45) is 0 Å². The standard InChI is InChI=1S/C26H20Br2ClN3O3/c1-15-6-7-23(16(2)8-15)32-24(33)14-35-25-21(27)10-17(11-22(25)28)9-18(13-30)26(34)31-20-5-3-4-19(29)12-20/h3-12H,14H2,1-2H3,(H,31,34)(H,32,33)/b18-9-. The second-order valence-electron chi connectivity index (χ2n) is 7.60. The first-order valence-corrected chi connectivity index (χ1v) is 12.3. The van der Waals surface area contributed by atoms with Crippen LogP contribution in [0.3, 0.4) is 0 Å². The summed E-state index contributed by atoms with van der Waals surface area (Å²) in [5.74, 6) is -0.450. The molecule has 2 amide bonds. The number of benzene rings is 3. The summed E-state index contributed by atoms with van der Waals surface area (Å²) in [6.07, 6.45) is 1.45. The highest BCUT2D eigenvalue weighted by molar-refractivity contribution is 9.11. The Morgan fingerprint density at radius 3 is 2.40 bits per heavy atom. The lowest BCUT2D eigenvalue weighted by atomic mass is 10.1. The molecule has 3 aromatic rings. The van der Waals surface area contributed by atoms with E-state index in [1.807, 2.05) is 38.1 Å². The van der Waals surface area contributed by atoms with Crippen molar-refractivity contribution in [1.82, 2.24) is 0 Å². The van der Waals surface area contributed by atoms with Gasteiger partial charge in [-0.05, 0) is 99.3 Å². The molecule has 35 heavy (non-hydrogen) atoms. The summed E-state index contributed by atoms with van der Waals surface area (Å²) >= 11 is 12.8. The first-order valence-electron chi connectivity index (χ1n) is 10.3. The zero-order chi connectivity index (χ0) is 25.5. The number of hydrogen-bond donors (Lipinski definition) is 2. The minimum absolute atomic E-state index is 0.0923. The molecule has 178 valence electrons. The molecule has 3 aromatic carbocycles. The summed E-state index contributed by atoms with van der Waals surface area (Å²) in [6, 6.07) is 17.7. The van der Waals surface area contributed by atoms with Gasteiger partial charge in [-0.1, -0.05) is 35.4 Å². The van der Waals surface area contributed by atoms with Gasteiger partial charge in [-0.15, -0.1) is 0 Å². The Morgan fingerprint density at radius 1 is 1.06 bits per heavy atom. The van der Waals surface area contributed by atoms with Crippen molar-refractivity contribution in [3.63, 3.8) is 0 Å². The van der Waals surface area contributed by atoms with Gasteiger partial charge in [-0.2, -0.15) is 5.26 Å². The molecule has 0 saturated heterocycles. The van der Waals surface area contributed by atoms with Gasteiger partial charge in [-0.25, -0.2) is 0 Å². The predicted octanol–water partition coefficient (Wildman–Crippen LogP) is 7.05. The Kier molecular flexibility index (Phi) is 9.10. The van der Waals surface area contributed by atoms with Gasteiger partial charge >= 0.3 is 0 Å². The van der Waals surface area contributed by atoms with E-state index in [0.29, 0.717) is 31.0 Å². The molecule has 0 unspecified atom stereocenters. The molecule has 2 N–H and O–H groups in total. The fourth-order valence-corrected chi connectivity index (χ4v) is 4.80. The number of anilines is 2. The molecule has 0 fully saturated rings. The molecular formula is C26H20Br2ClN3O3. The summed E-state index contributed by atoms with van der Waals surface area (Å²) in [4.78, 5) is 24.9. The van der Waals surface area contributed by atoms with Gasteiger partial charge in [0.25, 0.3) is 11.8 Å². The van der Waals surface area contributed by atoms with Crippen molar-refractivity contribution >= 4 is 72.7 Å². The minimum Gasteiger partial charge on any atom is -0.481 e. The molecule has 0 heterocycles. The van der Waals surface area contributed by atoms with Gasteiger partial charge in [-0.3, -0.25) is 9.59 Å². The Bertz CT molecular complexity index is 1340. The van der Waals surface area contributed by atoms with Crippen LogP contribution in [-0.4, -0.2) is 18.4 Å². The lowest BCUT2D eigenvalue weighted by molar-refractivity contribution is -0.118. The maximum absolute atomic E-state index is 12.5. The minimum atomic E-state index is -0.564. The van der Waals surface area contributed by atoms with Crippen LogP contribution >= 0.6 is 43.5 Å². The third-order valence-corrected chi connectivity index (χ3v) is 6.20. The molecule has 0 bridgehead atoms. The van der Waals surface area contributed by atoms with Crippen molar-refractivity contribution in [2.45, 2.75) is 13.8 Å². The molecule has 9 heteroatoms. The number of carbonyl (C=O) groups is 2. The van der Waals surface area contributed by atoms with Gasteiger partial charge in [0.1, 0.15) is 17.4 Å². The van der Waals surface area contributed by atoms with Crippen molar-refractivity contribution in [2.75, 3.05) is 17.2 Å². The first kappa shape index (κ1) is 26.5. The summed E-state index contributed by atoms with van der Waals surface area (Å²) in [7, 11) is 0. The van der Waals surface area contributed by atoms with Crippen LogP contribution in [0.1, 0.15) is 16.7 Å². The fraction of sp³-hybridized carbons (Fsp3) is 0.115.